The Hall–Kier alpha value is -0.270. The average molecular weight is 551 g/mol. The van der Waals surface area contributed by atoms with Crippen LogP contribution in [0, 0.1) is 17.3 Å². The highest BCUT2D eigenvalue weighted by Crippen LogP contribution is 2.60. The lowest BCUT2D eigenvalue weighted by molar-refractivity contribution is 0.0381. The van der Waals surface area contributed by atoms with Gasteiger partial charge in [0.1, 0.15) is 5.75 Å². The largest absolute Gasteiger partial charge is 0.497 e. The maximum absolute atomic E-state index is 5.49. The number of methoxy groups -OCH3 is 1. The Kier molecular flexibility index (Phi) is 12.4. The maximum atomic E-state index is 5.49. The molecule has 0 bridgehead atoms. The molecule has 4 aliphatic rings. The highest BCUT2D eigenvalue weighted by Gasteiger charge is 2.54. The van der Waals surface area contributed by atoms with Crippen LogP contribution in [0.4, 0.5) is 0 Å². The molecule has 35 heavy (non-hydrogen) atoms. The van der Waals surface area contributed by atoms with Gasteiger partial charge >= 0.3 is 0 Å². The Morgan fingerprint density at radius 2 is 1.83 bits per heavy atom. The molecule has 0 unspecified atom stereocenters. The number of ether oxygens (including phenoxy) is 2. The molecule has 5 atom stereocenters. The number of nitrogens with zero attached hydrogens (tertiary/aromatic N) is 1. The summed E-state index contributed by atoms with van der Waals surface area (Å²) in [7, 11) is 1.78. The third-order valence-electron chi connectivity index (χ3n) is 9.33. The van der Waals surface area contributed by atoms with E-state index in [2.05, 4.69) is 40.7 Å². The van der Waals surface area contributed by atoms with Gasteiger partial charge in [0.05, 0.1) is 20.3 Å². The van der Waals surface area contributed by atoms with Crippen LogP contribution < -0.4 is 15.4 Å². The standard InChI is InChI=1S/C27H43N3O2.3ClH/c1-27-10-9-23-22-6-4-21(31-2)19-20(22)3-5-24(23)25(27)7-8-26(27)29-12-11-28-13-14-30-15-17-32-18-16-30;;;/h4,6,19,23-26,28-29H,3,5,7-18H2,1-2H3;3*1H/t23-,24-,25+,26+,27+;;;/m1.../s1. The minimum absolute atomic E-state index is 0. The second-order valence-electron chi connectivity index (χ2n) is 10.8. The van der Waals surface area contributed by atoms with Crippen molar-refractivity contribution in [3.8, 4) is 5.75 Å². The molecule has 8 heteroatoms. The molecule has 2 saturated carbocycles. The number of nitrogens with one attached hydrogen (secondary N) is 2. The van der Waals surface area contributed by atoms with Crippen molar-refractivity contribution in [3.63, 3.8) is 0 Å². The summed E-state index contributed by atoms with van der Waals surface area (Å²) in [6.45, 7) is 11.0. The van der Waals surface area contributed by atoms with E-state index in [4.69, 9.17) is 9.47 Å². The number of morpholine rings is 1. The molecule has 0 aromatic heterocycles. The summed E-state index contributed by atoms with van der Waals surface area (Å²) in [6.07, 6.45) is 8.07. The Labute approximate surface area is 231 Å². The molecule has 202 valence electrons. The minimum Gasteiger partial charge on any atom is -0.497 e. The Morgan fingerprint density at radius 3 is 2.60 bits per heavy atom. The van der Waals surface area contributed by atoms with Gasteiger partial charge in [-0.05, 0) is 85.0 Å². The van der Waals surface area contributed by atoms with Crippen LogP contribution in [0.2, 0.25) is 0 Å². The number of hydrogen-bond donors (Lipinski definition) is 2. The van der Waals surface area contributed by atoms with Crippen molar-refractivity contribution < 1.29 is 9.47 Å². The zero-order valence-corrected chi connectivity index (χ0v) is 23.9. The number of rotatable bonds is 8. The number of benzene rings is 1. The fourth-order valence-corrected chi connectivity index (χ4v) is 7.54. The van der Waals surface area contributed by atoms with E-state index in [1.165, 1.54) is 38.5 Å². The molecule has 2 N–H and O–H groups in total. The van der Waals surface area contributed by atoms with Gasteiger partial charge in [-0.3, -0.25) is 4.90 Å². The third-order valence-corrected chi connectivity index (χ3v) is 9.33. The van der Waals surface area contributed by atoms with Gasteiger partial charge in [0, 0.05) is 45.3 Å². The van der Waals surface area contributed by atoms with Gasteiger partial charge in [-0.15, -0.1) is 37.2 Å². The molecule has 1 heterocycles. The fraction of sp³-hybridized carbons (Fsp3) is 0.778. The Morgan fingerprint density at radius 1 is 1.03 bits per heavy atom. The van der Waals surface area contributed by atoms with E-state index < -0.39 is 0 Å². The number of halogens is 3. The van der Waals surface area contributed by atoms with Crippen LogP contribution in [0.5, 0.6) is 5.75 Å². The molecule has 3 aliphatic carbocycles. The molecular formula is C27H46Cl3N3O2. The average Bonchev–Trinajstić information content (AvgIpc) is 3.17. The van der Waals surface area contributed by atoms with Crippen LogP contribution in [-0.2, 0) is 11.2 Å². The predicted octanol–water partition coefficient (Wildman–Crippen LogP) is 4.70. The second-order valence-corrected chi connectivity index (χ2v) is 10.8. The van der Waals surface area contributed by atoms with Gasteiger partial charge in [-0.1, -0.05) is 13.0 Å². The summed E-state index contributed by atoms with van der Waals surface area (Å²) >= 11 is 0. The van der Waals surface area contributed by atoms with Crippen LogP contribution in [0.1, 0.15) is 56.1 Å². The third kappa shape index (κ3) is 6.60. The highest BCUT2D eigenvalue weighted by molar-refractivity contribution is 5.86. The van der Waals surface area contributed by atoms with E-state index in [-0.39, 0.29) is 37.2 Å². The Balaban J connectivity index is 0.00000144. The number of aryl methyl sites for hydroxylation is 1. The molecule has 5 nitrogen and oxygen atoms in total. The minimum atomic E-state index is 0. The highest BCUT2D eigenvalue weighted by atomic mass is 35.5. The molecular weight excluding hydrogens is 505 g/mol. The van der Waals surface area contributed by atoms with Gasteiger partial charge in [-0.2, -0.15) is 0 Å². The van der Waals surface area contributed by atoms with Crippen molar-refractivity contribution >= 4 is 37.2 Å². The molecule has 1 saturated heterocycles. The SMILES string of the molecule is COc1ccc2c(c1)CC[C@@H]1[C@@H]2CC[C@]2(C)[C@@H](NCCNCCN3CCOCC3)CC[C@@H]12.Cl.Cl.Cl. The van der Waals surface area contributed by atoms with E-state index in [1.54, 1.807) is 18.2 Å². The van der Waals surface area contributed by atoms with Gasteiger partial charge < -0.3 is 20.1 Å². The van der Waals surface area contributed by atoms with E-state index in [9.17, 15) is 0 Å². The van der Waals surface area contributed by atoms with Gasteiger partial charge in [0.15, 0.2) is 0 Å². The zero-order valence-electron chi connectivity index (χ0n) is 21.4. The first-order chi connectivity index (χ1) is 15.7. The molecule has 5 rings (SSSR count). The van der Waals surface area contributed by atoms with Crippen molar-refractivity contribution in [1.82, 2.24) is 15.5 Å². The quantitative estimate of drug-likeness (QED) is 0.460. The lowest BCUT2D eigenvalue weighted by Gasteiger charge is -2.51. The van der Waals surface area contributed by atoms with E-state index in [0.717, 1.165) is 76.0 Å². The molecule has 1 aliphatic heterocycles. The lowest BCUT2D eigenvalue weighted by atomic mass is 9.55. The first kappa shape index (κ1) is 31.0. The summed E-state index contributed by atoms with van der Waals surface area (Å²) in [5.41, 5.74) is 3.65. The number of hydrogen-bond acceptors (Lipinski definition) is 5. The van der Waals surface area contributed by atoms with Crippen LogP contribution in [0.15, 0.2) is 18.2 Å². The topological polar surface area (TPSA) is 45.8 Å². The zero-order chi connectivity index (χ0) is 22.0. The molecule has 1 aromatic carbocycles. The first-order valence-electron chi connectivity index (χ1n) is 13.1. The smallest absolute Gasteiger partial charge is 0.119 e. The Bertz CT molecular complexity index is 780. The summed E-state index contributed by atoms with van der Waals surface area (Å²) in [5.74, 6) is 3.53. The van der Waals surface area contributed by atoms with Crippen LogP contribution in [-0.4, -0.2) is 70.5 Å². The van der Waals surface area contributed by atoms with Crippen LogP contribution >= 0.6 is 37.2 Å². The fourth-order valence-electron chi connectivity index (χ4n) is 7.54. The molecule has 1 aromatic rings. The van der Waals surface area contributed by atoms with E-state index in [0.29, 0.717) is 11.5 Å². The van der Waals surface area contributed by atoms with Gasteiger partial charge in [0.2, 0.25) is 0 Å². The lowest BCUT2D eigenvalue weighted by Crippen LogP contribution is -2.49. The van der Waals surface area contributed by atoms with E-state index >= 15 is 0 Å². The summed E-state index contributed by atoms with van der Waals surface area (Å²) in [4.78, 5) is 2.50. The van der Waals surface area contributed by atoms with Crippen molar-refractivity contribution in [3.05, 3.63) is 29.3 Å². The molecule has 0 spiro atoms. The summed E-state index contributed by atoms with van der Waals surface area (Å²) in [6, 6.07) is 7.54. The predicted molar refractivity (Wildman–Crippen MR) is 151 cm³/mol. The van der Waals surface area contributed by atoms with Crippen molar-refractivity contribution in [2.75, 3.05) is 59.6 Å². The molecule has 0 amide bonds. The molecule has 0 radical (unpaired) electrons. The summed E-state index contributed by atoms with van der Waals surface area (Å²) in [5, 5.41) is 7.63. The first-order valence-corrected chi connectivity index (χ1v) is 13.1. The molecule has 3 fully saturated rings. The monoisotopic (exact) mass is 549 g/mol. The van der Waals surface area contributed by atoms with Crippen molar-refractivity contribution in [1.29, 1.82) is 0 Å². The van der Waals surface area contributed by atoms with Crippen molar-refractivity contribution in [2.45, 2.75) is 57.4 Å². The van der Waals surface area contributed by atoms with E-state index in [1.807, 2.05) is 0 Å². The van der Waals surface area contributed by atoms with Gasteiger partial charge in [0.25, 0.3) is 0 Å². The van der Waals surface area contributed by atoms with Crippen LogP contribution in [0.3, 0.4) is 0 Å². The number of fused-ring (bicyclic) bond motifs is 5. The maximum Gasteiger partial charge on any atom is 0.119 e. The normalized spacial score (nSPS) is 31.6. The van der Waals surface area contributed by atoms with Crippen LogP contribution in [0.25, 0.3) is 0 Å². The second kappa shape index (κ2) is 14.0. The van der Waals surface area contributed by atoms with Gasteiger partial charge in [-0.25, -0.2) is 0 Å². The van der Waals surface area contributed by atoms with Crippen molar-refractivity contribution in [2.24, 2.45) is 17.3 Å². The summed E-state index contributed by atoms with van der Waals surface area (Å²) < 4.78 is 10.9.